The van der Waals surface area contributed by atoms with Crippen molar-refractivity contribution in [1.82, 2.24) is 5.32 Å². The number of benzene rings is 2. The molecule has 1 atom stereocenters. The van der Waals surface area contributed by atoms with Gasteiger partial charge in [0.1, 0.15) is 5.75 Å². The molecule has 0 saturated heterocycles. The van der Waals surface area contributed by atoms with Crippen molar-refractivity contribution in [2.45, 2.75) is 19.4 Å². The minimum absolute atomic E-state index is 0.187. The quantitative estimate of drug-likeness (QED) is 0.840. The fraction of sp³-hybridized carbons (Fsp3) is 0.250. The highest BCUT2D eigenvalue weighted by Gasteiger charge is 2.12. The van der Waals surface area contributed by atoms with Crippen LogP contribution in [-0.2, 0) is 0 Å². The fourth-order valence-corrected chi connectivity index (χ4v) is 2.03. The monoisotopic (exact) mass is 241 g/mol. The van der Waals surface area contributed by atoms with Crippen molar-refractivity contribution in [2.24, 2.45) is 0 Å². The lowest BCUT2D eigenvalue weighted by atomic mass is 9.98. The zero-order valence-electron chi connectivity index (χ0n) is 10.6. The molecule has 0 aliphatic carbocycles. The number of rotatable bonds is 5. The molecule has 2 aromatic carbocycles. The lowest BCUT2D eigenvalue weighted by Crippen LogP contribution is -2.23. The highest BCUT2D eigenvalue weighted by Crippen LogP contribution is 2.23. The number of hydrogen-bond acceptors (Lipinski definition) is 2. The summed E-state index contributed by atoms with van der Waals surface area (Å²) in [4.78, 5) is 0. The molecule has 2 heteroatoms. The summed E-state index contributed by atoms with van der Waals surface area (Å²) in [6.07, 6.45) is 1.10. The lowest BCUT2D eigenvalue weighted by molar-refractivity contribution is 0.474. The van der Waals surface area contributed by atoms with Crippen molar-refractivity contribution in [3.05, 3.63) is 65.7 Å². The Bertz CT molecular complexity index is 464. The average Bonchev–Trinajstić information content (AvgIpc) is 2.42. The third-order valence-electron chi connectivity index (χ3n) is 2.96. The van der Waals surface area contributed by atoms with E-state index >= 15 is 0 Å². The third kappa shape index (κ3) is 3.11. The first kappa shape index (κ1) is 12.7. The maximum Gasteiger partial charge on any atom is 0.115 e. The van der Waals surface area contributed by atoms with Crippen molar-refractivity contribution < 1.29 is 5.11 Å². The van der Waals surface area contributed by atoms with Gasteiger partial charge in [-0.3, -0.25) is 0 Å². The predicted octanol–water partition coefficient (Wildman–Crippen LogP) is 3.48. The van der Waals surface area contributed by atoms with Gasteiger partial charge in [-0.15, -0.1) is 0 Å². The Hall–Kier alpha value is -1.80. The van der Waals surface area contributed by atoms with Crippen molar-refractivity contribution >= 4 is 0 Å². The zero-order chi connectivity index (χ0) is 12.8. The van der Waals surface area contributed by atoms with Crippen LogP contribution in [0.2, 0.25) is 0 Å². The van der Waals surface area contributed by atoms with Gasteiger partial charge in [0.2, 0.25) is 0 Å². The Morgan fingerprint density at radius 3 is 2.17 bits per heavy atom. The first-order chi connectivity index (χ1) is 8.81. The van der Waals surface area contributed by atoms with Crippen LogP contribution in [-0.4, -0.2) is 11.7 Å². The van der Waals surface area contributed by atoms with Crippen LogP contribution >= 0.6 is 0 Å². The summed E-state index contributed by atoms with van der Waals surface area (Å²) in [7, 11) is 0. The SMILES string of the molecule is CCCNC(c1ccccc1)c1ccc(O)cc1. The molecule has 1 unspecified atom stereocenters. The van der Waals surface area contributed by atoms with Crippen LogP contribution < -0.4 is 5.32 Å². The van der Waals surface area contributed by atoms with Gasteiger partial charge in [0.25, 0.3) is 0 Å². The van der Waals surface area contributed by atoms with Crippen LogP contribution in [0.3, 0.4) is 0 Å². The molecule has 2 rings (SSSR count). The predicted molar refractivity (Wildman–Crippen MR) is 74.7 cm³/mol. The average molecular weight is 241 g/mol. The van der Waals surface area contributed by atoms with E-state index in [1.807, 2.05) is 18.2 Å². The molecule has 94 valence electrons. The van der Waals surface area contributed by atoms with Crippen LogP contribution in [0.5, 0.6) is 5.75 Å². The summed E-state index contributed by atoms with van der Waals surface area (Å²) in [5.41, 5.74) is 2.42. The molecule has 0 bridgehead atoms. The standard InChI is InChI=1S/C16H19NO/c1-2-12-17-16(13-6-4-3-5-7-13)14-8-10-15(18)11-9-14/h3-11,16-18H,2,12H2,1H3. The number of phenols is 1. The summed E-state index contributed by atoms with van der Waals surface area (Å²) in [6, 6.07) is 18.0. The Morgan fingerprint density at radius 1 is 0.944 bits per heavy atom. The maximum absolute atomic E-state index is 9.36. The molecule has 0 amide bonds. The van der Waals surface area contributed by atoms with E-state index in [-0.39, 0.29) is 6.04 Å². The molecular weight excluding hydrogens is 222 g/mol. The second kappa shape index (κ2) is 6.22. The maximum atomic E-state index is 9.36. The Balaban J connectivity index is 2.27. The van der Waals surface area contributed by atoms with Gasteiger partial charge in [-0.25, -0.2) is 0 Å². The minimum Gasteiger partial charge on any atom is -0.508 e. The molecule has 2 aromatic rings. The van der Waals surface area contributed by atoms with Crippen LogP contribution in [0.15, 0.2) is 54.6 Å². The van der Waals surface area contributed by atoms with Crippen molar-refractivity contribution in [3.8, 4) is 5.75 Å². The van der Waals surface area contributed by atoms with E-state index in [4.69, 9.17) is 0 Å². The fourth-order valence-electron chi connectivity index (χ4n) is 2.03. The number of aromatic hydroxyl groups is 1. The molecule has 0 spiro atoms. The second-order valence-electron chi connectivity index (χ2n) is 4.39. The molecular formula is C16H19NO. The molecule has 0 aliphatic heterocycles. The van der Waals surface area contributed by atoms with E-state index in [0.717, 1.165) is 13.0 Å². The number of hydrogen-bond donors (Lipinski definition) is 2. The van der Waals surface area contributed by atoms with E-state index < -0.39 is 0 Å². The minimum atomic E-state index is 0.187. The lowest BCUT2D eigenvalue weighted by Gasteiger charge is -2.19. The topological polar surface area (TPSA) is 32.3 Å². The Kier molecular flexibility index (Phi) is 4.37. The van der Waals surface area contributed by atoms with Crippen LogP contribution in [0, 0.1) is 0 Å². The molecule has 0 heterocycles. The first-order valence-corrected chi connectivity index (χ1v) is 6.38. The molecule has 0 aromatic heterocycles. The molecule has 2 nitrogen and oxygen atoms in total. The summed E-state index contributed by atoms with van der Waals surface area (Å²) in [5, 5.41) is 12.9. The summed E-state index contributed by atoms with van der Waals surface area (Å²) in [5.74, 6) is 0.307. The highest BCUT2D eigenvalue weighted by molar-refractivity contribution is 5.34. The van der Waals surface area contributed by atoms with Crippen molar-refractivity contribution in [2.75, 3.05) is 6.54 Å². The van der Waals surface area contributed by atoms with E-state index in [0.29, 0.717) is 5.75 Å². The van der Waals surface area contributed by atoms with Gasteiger partial charge >= 0.3 is 0 Å². The summed E-state index contributed by atoms with van der Waals surface area (Å²) in [6.45, 7) is 3.13. The molecule has 2 N–H and O–H groups in total. The van der Waals surface area contributed by atoms with Gasteiger partial charge in [0, 0.05) is 0 Å². The van der Waals surface area contributed by atoms with Crippen LogP contribution in [0.1, 0.15) is 30.5 Å². The van der Waals surface area contributed by atoms with E-state index in [9.17, 15) is 5.11 Å². The number of nitrogens with one attached hydrogen (secondary N) is 1. The second-order valence-corrected chi connectivity index (χ2v) is 4.39. The van der Waals surface area contributed by atoms with Gasteiger partial charge < -0.3 is 10.4 Å². The highest BCUT2D eigenvalue weighted by atomic mass is 16.3. The summed E-state index contributed by atoms with van der Waals surface area (Å²) >= 11 is 0. The van der Waals surface area contributed by atoms with Gasteiger partial charge in [0.05, 0.1) is 6.04 Å². The Labute approximate surface area is 108 Å². The van der Waals surface area contributed by atoms with E-state index in [1.54, 1.807) is 12.1 Å². The van der Waals surface area contributed by atoms with Crippen molar-refractivity contribution in [1.29, 1.82) is 0 Å². The first-order valence-electron chi connectivity index (χ1n) is 6.38. The largest absolute Gasteiger partial charge is 0.508 e. The molecule has 0 aliphatic rings. The van der Waals surface area contributed by atoms with Gasteiger partial charge in [-0.05, 0) is 36.2 Å². The molecule has 0 fully saturated rings. The van der Waals surface area contributed by atoms with Crippen LogP contribution in [0.4, 0.5) is 0 Å². The molecule has 18 heavy (non-hydrogen) atoms. The van der Waals surface area contributed by atoms with Crippen LogP contribution in [0.25, 0.3) is 0 Å². The molecule has 0 saturated carbocycles. The third-order valence-corrected chi connectivity index (χ3v) is 2.96. The van der Waals surface area contributed by atoms with E-state index in [1.165, 1.54) is 11.1 Å². The normalized spacial score (nSPS) is 12.3. The van der Waals surface area contributed by atoms with Crippen molar-refractivity contribution in [3.63, 3.8) is 0 Å². The van der Waals surface area contributed by atoms with Gasteiger partial charge in [-0.2, -0.15) is 0 Å². The smallest absolute Gasteiger partial charge is 0.115 e. The Morgan fingerprint density at radius 2 is 1.56 bits per heavy atom. The molecule has 0 radical (unpaired) electrons. The van der Waals surface area contributed by atoms with Gasteiger partial charge in [-0.1, -0.05) is 49.4 Å². The summed E-state index contributed by atoms with van der Waals surface area (Å²) < 4.78 is 0. The number of phenolic OH excluding ortho intramolecular Hbond substituents is 1. The van der Waals surface area contributed by atoms with E-state index in [2.05, 4.69) is 36.5 Å². The van der Waals surface area contributed by atoms with Gasteiger partial charge in [0.15, 0.2) is 0 Å². The zero-order valence-corrected chi connectivity index (χ0v) is 10.6.